The van der Waals surface area contributed by atoms with E-state index in [4.69, 9.17) is 10.5 Å². The Morgan fingerprint density at radius 1 is 1.03 bits per heavy atom. The van der Waals surface area contributed by atoms with E-state index in [2.05, 4.69) is 10.6 Å². The number of primary amides is 1. The fraction of sp³-hybridized carbons (Fsp3) is 0.571. The first kappa shape index (κ1) is 26.4. The van der Waals surface area contributed by atoms with Crippen molar-refractivity contribution in [2.45, 2.75) is 69.2 Å². The van der Waals surface area contributed by atoms with E-state index in [0.29, 0.717) is 12.1 Å². The lowest BCUT2D eigenvalue weighted by molar-refractivity contribution is -0.189. The number of alkyl carbamates (subject to hydrolysis) is 1. The van der Waals surface area contributed by atoms with Gasteiger partial charge in [-0.1, -0.05) is 0 Å². The van der Waals surface area contributed by atoms with Gasteiger partial charge in [0.2, 0.25) is 5.91 Å². The Morgan fingerprint density at radius 3 is 1.97 bits per heavy atom. The van der Waals surface area contributed by atoms with Gasteiger partial charge in [-0.15, -0.1) is 0 Å². The summed E-state index contributed by atoms with van der Waals surface area (Å²) in [6.45, 7) is 2.13. The molecule has 4 rings (SSSR count). The van der Waals surface area contributed by atoms with Crippen molar-refractivity contribution in [2.75, 3.05) is 6.54 Å². The average Bonchev–Trinajstić information content (AvgIpc) is 2.64. The minimum absolute atomic E-state index is 0.00453. The lowest BCUT2D eigenvalue weighted by Gasteiger charge is -2.73. The molecule has 0 heterocycles. The molecule has 8 nitrogen and oxygen atoms in total. The summed E-state index contributed by atoms with van der Waals surface area (Å²) in [6.07, 6.45) is -10.5. The number of hydrogen-bond donors (Lipinski definition) is 3. The van der Waals surface area contributed by atoms with E-state index in [0.717, 1.165) is 4.90 Å². The number of nitrogens with one attached hydrogen (secondary N) is 2. The molecule has 0 saturated heterocycles. The van der Waals surface area contributed by atoms with Crippen molar-refractivity contribution in [2.24, 2.45) is 5.73 Å². The number of urea groups is 1. The van der Waals surface area contributed by atoms with Crippen LogP contribution in [0.2, 0.25) is 0 Å². The predicted molar refractivity (Wildman–Crippen MR) is 109 cm³/mol. The SMILES string of the molecule is CC(C)OC(=O)NC12CC(N(Cc3cc(C(F)(F)F)cc(C(F)(F)F)c3)C(=O)CNC(N)=O)(C1)C2. The van der Waals surface area contributed by atoms with Gasteiger partial charge >= 0.3 is 24.5 Å². The molecule has 4 N–H and O–H groups in total. The monoisotopic (exact) mass is 510 g/mol. The number of alkyl halides is 6. The third kappa shape index (κ3) is 5.73. The summed E-state index contributed by atoms with van der Waals surface area (Å²) >= 11 is 0. The van der Waals surface area contributed by atoms with Crippen molar-refractivity contribution < 1.29 is 45.5 Å². The van der Waals surface area contributed by atoms with Crippen LogP contribution in [0, 0.1) is 0 Å². The number of nitrogens with two attached hydrogens (primary N) is 1. The molecule has 194 valence electrons. The fourth-order valence-corrected chi connectivity index (χ4v) is 4.69. The molecule has 0 atom stereocenters. The zero-order valence-electron chi connectivity index (χ0n) is 18.8. The van der Waals surface area contributed by atoms with Gasteiger partial charge in [0, 0.05) is 6.54 Å². The topological polar surface area (TPSA) is 114 Å². The molecule has 1 aromatic carbocycles. The molecule has 3 fully saturated rings. The molecule has 35 heavy (non-hydrogen) atoms. The number of amides is 4. The molecular weight excluding hydrogens is 486 g/mol. The van der Waals surface area contributed by atoms with Gasteiger partial charge in [0.05, 0.1) is 34.9 Å². The van der Waals surface area contributed by atoms with Gasteiger partial charge in [-0.05, 0) is 56.9 Å². The van der Waals surface area contributed by atoms with Gasteiger partial charge in [-0.3, -0.25) is 4.79 Å². The lowest BCUT2D eigenvalue weighted by Crippen LogP contribution is -2.84. The van der Waals surface area contributed by atoms with Crippen LogP contribution in [0.15, 0.2) is 18.2 Å². The second-order valence-corrected chi connectivity index (χ2v) is 9.23. The Morgan fingerprint density at radius 2 is 1.54 bits per heavy atom. The summed E-state index contributed by atoms with van der Waals surface area (Å²) in [5, 5.41) is 4.78. The first-order valence-electron chi connectivity index (χ1n) is 10.6. The summed E-state index contributed by atoms with van der Waals surface area (Å²) in [5.74, 6) is -0.743. The Bertz CT molecular complexity index is 972. The van der Waals surface area contributed by atoms with Crippen molar-refractivity contribution in [3.8, 4) is 0 Å². The molecule has 0 spiro atoms. The van der Waals surface area contributed by atoms with E-state index in [9.17, 15) is 40.7 Å². The molecule has 1 aromatic rings. The Hall–Kier alpha value is -3.19. The molecule has 0 aromatic heterocycles. The van der Waals surface area contributed by atoms with Crippen molar-refractivity contribution in [3.05, 3.63) is 34.9 Å². The standard InChI is InChI=1S/C21H24F6N4O4/c1-11(2)35-17(34)30-18-8-19(9-18,10-18)31(15(32)6-29-16(28)33)7-12-3-13(20(22,23)24)5-14(4-12)21(25,26)27/h3-5,11H,6-10H2,1-2H3,(H,30,34)(H3,28,29,33). The van der Waals surface area contributed by atoms with Crippen molar-refractivity contribution >= 4 is 18.0 Å². The summed E-state index contributed by atoms with van der Waals surface area (Å²) < 4.78 is 84.6. The van der Waals surface area contributed by atoms with Gasteiger partial charge in [-0.2, -0.15) is 26.3 Å². The maximum absolute atomic E-state index is 13.3. The summed E-state index contributed by atoms with van der Waals surface area (Å²) in [4.78, 5) is 37.0. The summed E-state index contributed by atoms with van der Waals surface area (Å²) in [7, 11) is 0. The molecule has 0 aliphatic heterocycles. The van der Waals surface area contributed by atoms with E-state index < -0.39 is 65.7 Å². The highest BCUT2D eigenvalue weighted by atomic mass is 19.4. The second-order valence-electron chi connectivity index (χ2n) is 9.23. The number of carbonyl (C=O) groups excluding carboxylic acids is 3. The van der Waals surface area contributed by atoms with Crippen molar-refractivity contribution in [1.82, 2.24) is 15.5 Å². The molecule has 4 amide bonds. The molecule has 3 saturated carbocycles. The van der Waals surface area contributed by atoms with E-state index >= 15 is 0 Å². The van der Waals surface area contributed by atoms with Gasteiger partial charge in [0.15, 0.2) is 0 Å². The summed E-state index contributed by atoms with van der Waals surface area (Å²) in [6, 6.07) is 0.0845. The van der Waals surface area contributed by atoms with E-state index in [1.165, 1.54) is 0 Å². The van der Waals surface area contributed by atoms with Crippen LogP contribution in [0.3, 0.4) is 0 Å². The third-order valence-corrected chi connectivity index (χ3v) is 5.99. The number of rotatable bonds is 7. The van der Waals surface area contributed by atoms with Crippen LogP contribution in [0.25, 0.3) is 0 Å². The van der Waals surface area contributed by atoms with E-state index in [1.807, 2.05) is 0 Å². The molecular formula is C21H24F6N4O4. The highest BCUT2D eigenvalue weighted by Crippen LogP contribution is 2.64. The second kappa shape index (κ2) is 8.79. The lowest BCUT2D eigenvalue weighted by atomic mass is 9.43. The van der Waals surface area contributed by atoms with Crippen LogP contribution in [-0.2, 0) is 28.4 Å². The molecule has 14 heteroatoms. The molecule has 0 unspecified atom stereocenters. The van der Waals surface area contributed by atoms with Crippen LogP contribution in [-0.4, -0.2) is 46.7 Å². The molecule has 2 bridgehead atoms. The normalized spacial score (nSPS) is 23.1. The first-order valence-corrected chi connectivity index (χ1v) is 10.6. The van der Waals surface area contributed by atoms with Gasteiger partial charge in [0.25, 0.3) is 0 Å². The molecule has 3 aliphatic rings. The largest absolute Gasteiger partial charge is 0.447 e. The van der Waals surface area contributed by atoms with Crippen LogP contribution >= 0.6 is 0 Å². The Balaban J connectivity index is 1.86. The van der Waals surface area contributed by atoms with Crippen LogP contribution < -0.4 is 16.4 Å². The maximum atomic E-state index is 13.3. The fourth-order valence-electron chi connectivity index (χ4n) is 4.69. The predicted octanol–water partition coefficient (Wildman–Crippen LogP) is 3.53. The average molecular weight is 510 g/mol. The number of hydrogen-bond acceptors (Lipinski definition) is 4. The zero-order chi connectivity index (χ0) is 26.4. The zero-order valence-corrected chi connectivity index (χ0v) is 18.8. The van der Waals surface area contributed by atoms with E-state index in [1.54, 1.807) is 13.8 Å². The first-order chi connectivity index (χ1) is 15.9. The van der Waals surface area contributed by atoms with Gasteiger partial charge in [-0.25, -0.2) is 9.59 Å². The van der Waals surface area contributed by atoms with Crippen LogP contribution in [0.1, 0.15) is 49.8 Å². The van der Waals surface area contributed by atoms with E-state index in [-0.39, 0.29) is 37.0 Å². The smallest absolute Gasteiger partial charge is 0.416 e. The Kier molecular flexibility index (Phi) is 6.63. The van der Waals surface area contributed by atoms with Crippen LogP contribution in [0.4, 0.5) is 35.9 Å². The molecule has 0 radical (unpaired) electrons. The number of nitrogens with zero attached hydrogens (tertiary/aromatic N) is 1. The maximum Gasteiger partial charge on any atom is 0.416 e. The highest BCUT2D eigenvalue weighted by molar-refractivity contribution is 5.84. The van der Waals surface area contributed by atoms with Crippen molar-refractivity contribution in [1.29, 1.82) is 0 Å². The number of halogens is 6. The van der Waals surface area contributed by atoms with Crippen molar-refractivity contribution in [3.63, 3.8) is 0 Å². The third-order valence-electron chi connectivity index (χ3n) is 5.99. The quantitative estimate of drug-likeness (QED) is 0.487. The molecule has 3 aliphatic carbocycles. The number of ether oxygens (including phenoxy) is 1. The van der Waals surface area contributed by atoms with Gasteiger partial charge in [0.1, 0.15) is 0 Å². The minimum Gasteiger partial charge on any atom is -0.447 e. The van der Waals surface area contributed by atoms with Gasteiger partial charge < -0.3 is 26.0 Å². The summed E-state index contributed by atoms with van der Waals surface area (Å²) in [5.41, 5.74) is -0.00787. The minimum atomic E-state index is -5.04. The van der Waals surface area contributed by atoms with Crippen LogP contribution in [0.5, 0.6) is 0 Å². The Labute approximate surface area is 196 Å². The highest BCUT2D eigenvalue weighted by Gasteiger charge is 2.72. The number of carbonyl (C=O) groups is 3. The number of benzene rings is 1.